The van der Waals surface area contributed by atoms with Gasteiger partial charge in [0.25, 0.3) is 5.91 Å². The molecule has 128 valence electrons. The van der Waals surface area contributed by atoms with Crippen molar-refractivity contribution in [2.45, 2.75) is 19.4 Å². The molecule has 5 heteroatoms. The molecule has 0 saturated carbocycles. The third-order valence-corrected chi connectivity index (χ3v) is 4.43. The molecule has 3 aromatic rings. The molecule has 0 aliphatic carbocycles. The molecule has 5 nitrogen and oxygen atoms in total. The summed E-state index contributed by atoms with van der Waals surface area (Å²) in [6, 6.07) is 11.5. The van der Waals surface area contributed by atoms with Crippen LogP contribution in [0.1, 0.15) is 35.3 Å². The van der Waals surface area contributed by atoms with Crippen LogP contribution in [0.3, 0.4) is 0 Å². The average molecular weight is 334 g/mol. The zero-order valence-electron chi connectivity index (χ0n) is 14.8. The summed E-state index contributed by atoms with van der Waals surface area (Å²) in [7, 11) is 3.79. The topological polar surface area (TPSA) is 51.0 Å². The summed E-state index contributed by atoms with van der Waals surface area (Å²) in [5.41, 5.74) is 2.63. The summed E-state index contributed by atoms with van der Waals surface area (Å²) in [5, 5.41) is 0. The zero-order valence-corrected chi connectivity index (χ0v) is 14.8. The second kappa shape index (κ2) is 7.30. The van der Waals surface area contributed by atoms with Gasteiger partial charge in [0.15, 0.2) is 0 Å². The van der Waals surface area contributed by atoms with Crippen LogP contribution in [0.4, 0.5) is 0 Å². The predicted octanol–water partition coefficient (Wildman–Crippen LogP) is 3.71. The van der Waals surface area contributed by atoms with Crippen molar-refractivity contribution in [3.63, 3.8) is 0 Å². The van der Waals surface area contributed by atoms with E-state index in [1.807, 2.05) is 67.5 Å². The quantitative estimate of drug-likeness (QED) is 0.715. The van der Waals surface area contributed by atoms with E-state index in [9.17, 15) is 4.79 Å². The van der Waals surface area contributed by atoms with Crippen LogP contribution in [0.15, 0.2) is 61.2 Å². The molecule has 1 amide bonds. The first-order valence-corrected chi connectivity index (χ1v) is 8.36. The van der Waals surface area contributed by atoms with Crippen LogP contribution in [-0.4, -0.2) is 32.4 Å². The second-order valence-corrected chi connectivity index (χ2v) is 6.07. The molecule has 0 spiro atoms. The van der Waals surface area contributed by atoms with E-state index < -0.39 is 0 Å². The Morgan fingerprint density at radius 1 is 1.24 bits per heavy atom. The Labute approximate surface area is 148 Å². The number of aryl methyl sites for hydroxylation is 1. The number of rotatable bonds is 5. The second-order valence-electron chi connectivity index (χ2n) is 6.07. The minimum Gasteiger partial charge on any atom is -0.335 e. The Hall–Kier alpha value is -2.95. The van der Waals surface area contributed by atoms with Gasteiger partial charge in [0.1, 0.15) is 5.82 Å². The Morgan fingerprint density at radius 3 is 2.72 bits per heavy atom. The molecule has 0 saturated heterocycles. The van der Waals surface area contributed by atoms with Crippen LogP contribution in [0.2, 0.25) is 0 Å². The summed E-state index contributed by atoms with van der Waals surface area (Å²) < 4.78 is 1.94. The average Bonchev–Trinajstić information content (AvgIpc) is 3.08. The molecule has 25 heavy (non-hydrogen) atoms. The van der Waals surface area contributed by atoms with Gasteiger partial charge in [-0.15, -0.1) is 0 Å². The lowest BCUT2D eigenvalue weighted by Crippen LogP contribution is -2.31. The molecular weight excluding hydrogens is 312 g/mol. The highest BCUT2D eigenvalue weighted by molar-refractivity contribution is 5.95. The van der Waals surface area contributed by atoms with E-state index in [0.717, 1.165) is 23.4 Å². The van der Waals surface area contributed by atoms with Gasteiger partial charge < -0.3 is 9.47 Å². The number of pyridine rings is 1. The molecule has 1 atom stereocenters. The minimum absolute atomic E-state index is 0.00184. The van der Waals surface area contributed by atoms with Crippen molar-refractivity contribution in [1.82, 2.24) is 19.4 Å². The van der Waals surface area contributed by atoms with E-state index in [1.165, 1.54) is 0 Å². The number of carbonyl (C=O) groups excluding carboxylic acids is 1. The molecule has 0 aliphatic heterocycles. The lowest BCUT2D eigenvalue weighted by molar-refractivity contribution is 0.0726. The fourth-order valence-corrected chi connectivity index (χ4v) is 3.09. The van der Waals surface area contributed by atoms with Gasteiger partial charge in [-0.3, -0.25) is 9.78 Å². The molecule has 0 aliphatic rings. The van der Waals surface area contributed by atoms with Gasteiger partial charge in [-0.05, 0) is 30.2 Å². The normalized spacial score (nSPS) is 12.0. The largest absolute Gasteiger partial charge is 0.335 e. The monoisotopic (exact) mass is 334 g/mol. The first-order chi connectivity index (χ1) is 12.1. The number of aromatic nitrogens is 3. The third-order valence-electron chi connectivity index (χ3n) is 4.43. The highest BCUT2D eigenvalue weighted by atomic mass is 16.2. The minimum atomic E-state index is -0.00763. The fourth-order valence-electron chi connectivity index (χ4n) is 3.09. The number of carbonyl (C=O) groups is 1. The fraction of sp³-hybridized carbons (Fsp3) is 0.250. The lowest BCUT2D eigenvalue weighted by atomic mass is 10.0. The van der Waals surface area contributed by atoms with E-state index >= 15 is 0 Å². The molecule has 1 aromatic carbocycles. The molecule has 0 bridgehead atoms. The zero-order chi connectivity index (χ0) is 17.8. The van der Waals surface area contributed by atoms with Gasteiger partial charge >= 0.3 is 0 Å². The molecule has 0 unspecified atom stereocenters. The molecule has 0 N–H and O–H groups in total. The number of benzene rings is 1. The van der Waals surface area contributed by atoms with Crippen molar-refractivity contribution in [2.75, 3.05) is 7.05 Å². The summed E-state index contributed by atoms with van der Waals surface area (Å²) in [6.07, 6.45) is 8.04. The van der Waals surface area contributed by atoms with Crippen LogP contribution >= 0.6 is 0 Å². The smallest absolute Gasteiger partial charge is 0.254 e. The highest BCUT2D eigenvalue weighted by Crippen LogP contribution is 2.25. The Balaban J connectivity index is 1.89. The van der Waals surface area contributed by atoms with Gasteiger partial charge in [-0.1, -0.05) is 25.1 Å². The van der Waals surface area contributed by atoms with Gasteiger partial charge in [-0.25, -0.2) is 4.98 Å². The molecule has 2 aromatic heterocycles. The third kappa shape index (κ3) is 3.45. The van der Waals surface area contributed by atoms with Crippen LogP contribution in [0.25, 0.3) is 11.4 Å². The van der Waals surface area contributed by atoms with Crippen molar-refractivity contribution in [2.24, 2.45) is 7.05 Å². The molecule has 2 heterocycles. The van der Waals surface area contributed by atoms with Crippen LogP contribution in [0.5, 0.6) is 0 Å². The number of amides is 1. The maximum Gasteiger partial charge on any atom is 0.254 e. The van der Waals surface area contributed by atoms with E-state index in [0.29, 0.717) is 5.56 Å². The predicted molar refractivity (Wildman–Crippen MR) is 98.0 cm³/mol. The summed E-state index contributed by atoms with van der Waals surface area (Å²) >= 11 is 0. The molecule has 3 rings (SSSR count). The van der Waals surface area contributed by atoms with Gasteiger partial charge in [0.05, 0.1) is 6.04 Å². The van der Waals surface area contributed by atoms with E-state index in [2.05, 4.69) is 16.9 Å². The summed E-state index contributed by atoms with van der Waals surface area (Å²) in [6.45, 7) is 2.08. The van der Waals surface area contributed by atoms with Crippen molar-refractivity contribution in [1.29, 1.82) is 0 Å². The number of hydrogen-bond acceptors (Lipinski definition) is 3. The summed E-state index contributed by atoms with van der Waals surface area (Å²) in [4.78, 5) is 23.3. The molecule has 0 fully saturated rings. The SMILES string of the molecule is CC[C@@H](c1cccnc1)N(C)C(=O)c1cccc(-c2nccn2C)c1. The lowest BCUT2D eigenvalue weighted by Gasteiger charge is -2.27. The highest BCUT2D eigenvalue weighted by Gasteiger charge is 2.22. The first-order valence-electron chi connectivity index (χ1n) is 8.36. The Bertz CT molecular complexity index is 857. The molecule has 0 radical (unpaired) electrons. The standard InChI is InChI=1S/C20H22N4O/c1-4-18(17-9-6-10-21-14-17)24(3)20(25)16-8-5-7-15(13-16)19-22-11-12-23(19)2/h5-14,18H,4H2,1-3H3/t18-/m0/s1. The van der Waals surface area contributed by atoms with E-state index in [-0.39, 0.29) is 11.9 Å². The van der Waals surface area contributed by atoms with Crippen molar-refractivity contribution in [3.8, 4) is 11.4 Å². The van der Waals surface area contributed by atoms with E-state index in [4.69, 9.17) is 0 Å². The maximum atomic E-state index is 13.0. The van der Waals surface area contributed by atoms with Gasteiger partial charge in [-0.2, -0.15) is 0 Å². The van der Waals surface area contributed by atoms with Crippen LogP contribution in [-0.2, 0) is 7.05 Å². The van der Waals surface area contributed by atoms with Crippen LogP contribution in [0, 0.1) is 0 Å². The Kier molecular flexibility index (Phi) is 4.93. The van der Waals surface area contributed by atoms with Crippen LogP contribution < -0.4 is 0 Å². The van der Waals surface area contributed by atoms with Crippen molar-refractivity contribution >= 4 is 5.91 Å². The first kappa shape index (κ1) is 16.9. The molecular formula is C20H22N4O. The van der Waals surface area contributed by atoms with Crippen molar-refractivity contribution in [3.05, 3.63) is 72.3 Å². The van der Waals surface area contributed by atoms with E-state index in [1.54, 1.807) is 17.3 Å². The number of nitrogens with zero attached hydrogens (tertiary/aromatic N) is 4. The summed E-state index contributed by atoms with van der Waals surface area (Å²) in [5.74, 6) is 0.836. The van der Waals surface area contributed by atoms with Gasteiger partial charge in [0.2, 0.25) is 0 Å². The number of hydrogen-bond donors (Lipinski definition) is 0. The maximum absolute atomic E-state index is 13.0. The van der Waals surface area contributed by atoms with Gasteiger partial charge in [0, 0.05) is 50.0 Å². The Morgan fingerprint density at radius 2 is 2.08 bits per heavy atom. The van der Waals surface area contributed by atoms with Crippen molar-refractivity contribution < 1.29 is 4.79 Å². The number of imidazole rings is 1.